The Bertz CT molecular complexity index is 201. The van der Waals surface area contributed by atoms with Gasteiger partial charge in [-0.05, 0) is 13.8 Å². The zero-order valence-corrected chi connectivity index (χ0v) is 9.16. The Kier molecular flexibility index (Phi) is 2.79. The van der Waals surface area contributed by atoms with Crippen LogP contribution in [0.4, 0.5) is 0 Å². The van der Waals surface area contributed by atoms with E-state index in [9.17, 15) is 10.2 Å². The van der Waals surface area contributed by atoms with Crippen molar-refractivity contribution in [3.05, 3.63) is 0 Å². The van der Waals surface area contributed by atoms with Gasteiger partial charge in [-0.2, -0.15) is 11.8 Å². The molecule has 2 aliphatic heterocycles. The summed E-state index contributed by atoms with van der Waals surface area (Å²) in [6.07, 6.45) is -1.89. The molecular weight excluding hydrogens is 204 g/mol. The number of aliphatic hydroxyl groups is 2. The smallest absolute Gasteiger partial charge is 0.164 e. The van der Waals surface area contributed by atoms with E-state index in [0.717, 1.165) is 0 Å². The van der Waals surface area contributed by atoms with Gasteiger partial charge in [0.25, 0.3) is 0 Å². The van der Waals surface area contributed by atoms with Crippen LogP contribution in [0.25, 0.3) is 0 Å². The highest BCUT2D eigenvalue weighted by Gasteiger charge is 2.49. The van der Waals surface area contributed by atoms with Gasteiger partial charge in [-0.15, -0.1) is 0 Å². The first-order valence-electron chi connectivity index (χ1n) is 4.79. The highest BCUT2D eigenvalue weighted by atomic mass is 32.2. The summed E-state index contributed by atoms with van der Waals surface area (Å²) in [5.74, 6) is 0.495. The molecule has 0 bridgehead atoms. The molecule has 2 fully saturated rings. The lowest BCUT2D eigenvalue weighted by molar-refractivity contribution is -0.159. The SMILES string of the molecule is CC1(C)O[C@H]2[C@H](O1)[C@H](O)CSC[C@H]2O. The molecule has 0 aromatic carbocycles. The minimum Gasteiger partial charge on any atom is -0.389 e. The molecule has 0 radical (unpaired) electrons. The molecule has 0 aromatic heterocycles. The lowest BCUT2D eigenvalue weighted by Crippen LogP contribution is -2.41. The normalized spacial score (nSPS) is 47.1. The Labute approximate surface area is 87.6 Å². The Hall–Kier alpha value is 0.190. The topological polar surface area (TPSA) is 58.9 Å². The van der Waals surface area contributed by atoms with Gasteiger partial charge in [0.2, 0.25) is 0 Å². The van der Waals surface area contributed by atoms with Gasteiger partial charge < -0.3 is 19.7 Å². The van der Waals surface area contributed by atoms with Crippen molar-refractivity contribution in [3.63, 3.8) is 0 Å². The van der Waals surface area contributed by atoms with Crippen molar-refractivity contribution in [1.29, 1.82) is 0 Å². The summed E-state index contributed by atoms with van der Waals surface area (Å²) in [7, 11) is 0. The summed E-state index contributed by atoms with van der Waals surface area (Å²) in [6.45, 7) is 3.60. The van der Waals surface area contributed by atoms with Gasteiger partial charge in [-0.1, -0.05) is 0 Å². The van der Waals surface area contributed by atoms with Crippen LogP contribution in [0.2, 0.25) is 0 Å². The molecule has 2 heterocycles. The number of hydrogen-bond acceptors (Lipinski definition) is 5. The summed E-state index contributed by atoms with van der Waals surface area (Å²) >= 11 is 1.53. The van der Waals surface area contributed by atoms with Gasteiger partial charge in [0.05, 0.1) is 12.2 Å². The van der Waals surface area contributed by atoms with Crippen molar-refractivity contribution in [2.24, 2.45) is 0 Å². The molecule has 0 unspecified atom stereocenters. The monoisotopic (exact) mass is 220 g/mol. The van der Waals surface area contributed by atoms with Crippen LogP contribution in [0.15, 0.2) is 0 Å². The summed E-state index contributed by atoms with van der Waals surface area (Å²) in [6, 6.07) is 0. The van der Waals surface area contributed by atoms with Crippen LogP contribution >= 0.6 is 11.8 Å². The molecule has 0 amide bonds. The van der Waals surface area contributed by atoms with Gasteiger partial charge in [0.15, 0.2) is 5.79 Å². The van der Waals surface area contributed by atoms with E-state index in [4.69, 9.17) is 9.47 Å². The molecule has 0 spiro atoms. The Balaban J connectivity index is 2.16. The van der Waals surface area contributed by atoms with Crippen LogP contribution in [-0.4, -0.2) is 51.9 Å². The lowest BCUT2D eigenvalue weighted by Gasteiger charge is -2.20. The van der Waals surface area contributed by atoms with Crippen molar-refractivity contribution < 1.29 is 19.7 Å². The van der Waals surface area contributed by atoms with Crippen molar-refractivity contribution in [2.75, 3.05) is 11.5 Å². The predicted octanol–water partition coefficient (Wildman–Crippen LogP) is -0.0249. The summed E-state index contributed by atoms with van der Waals surface area (Å²) < 4.78 is 11.1. The van der Waals surface area contributed by atoms with E-state index in [-0.39, 0.29) is 0 Å². The second-order valence-corrected chi connectivity index (χ2v) is 5.31. The van der Waals surface area contributed by atoms with Gasteiger partial charge in [-0.25, -0.2) is 0 Å². The van der Waals surface area contributed by atoms with Gasteiger partial charge in [0, 0.05) is 11.5 Å². The number of thioether (sulfide) groups is 1. The maximum absolute atomic E-state index is 9.77. The fourth-order valence-corrected chi connectivity index (χ4v) is 2.91. The van der Waals surface area contributed by atoms with Crippen molar-refractivity contribution in [3.8, 4) is 0 Å². The molecule has 0 saturated carbocycles. The Morgan fingerprint density at radius 3 is 1.93 bits per heavy atom. The maximum atomic E-state index is 9.77. The number of hydrogen-bond donors (Lipinski definition) is 2. The third kappa shape index (κ3) is 1.92. The van der Waals surface area contributed by atoms with Crippen LogP contribution in [0, 0.1) is 0 Å². The lowest BCUT2D eigenvalue weighted by atomic mass is 10.1. The quantitative estimate of drug-likeness (QED) is 0.600. The first-order chi connectivity index (χ1) is 6.49. The van der Waals surface area contributed by atoms with E-state index < -0.39 is 30.2 Å². The number of rotatable bonds is 0. The fourth-order valence-electron chi connectivity index (χ4n) is 1.91. The molecule has 2 saturated heterocycles. The first kappa shape index (κ1) is 10.7. The second kappa shape index (κ2) is 3.64. The zero-order valence-electron chi connectivity index (χ0n) is 8.34. The van der Waals surface area contributed by atoms with Crippen LogP contribution in [0.3, 0.4) is 0 Å². The van der Waals surface area contributed by atoms with E-state index in [2.05, 4.69) is 0 Å². The van der Waals surface area contributed by atoms with Crippen LogP contribution in [-0.2, 0) is 9.47 Å². The van der Waals surface area contributed by atoms with Crippen molar-refractivity contribution in [1.82, 2.24) is 0 Å². The predicted molar refractivity (Wildman–Crippen MR) is 53.2 cm³/mol. The molecule has 2 N–H and O–H groups in total. The Morgan fingerprint density at radius 1 is 1.07 bits per heavy atom. The molecule has 14 heavy (non-hydrogen) atoms. The van der Waals surface area contributed by atoms with Gasteiger partial charge in [-0.3, -0.25) is 0 Å². The number of ether oxygens (including phenoxy) is 2. The van der Waals surface area contributed by atoms with E-state index in [1.807, 2.05) is 0 Å². The zero-order chi connectivity index (χ0) is 10.3. The van der Waals surface area contributed by atoms with E-state index in [1.54, 1.807) is 13.8 Å². The first-order valence-corrected chi connectivity index (χ1v) is 5.94. The largest absolute Gasteiger partial charge is 0.389 e. The molecule has 0 aliphatic carbocycles. The van der Waals surface area contributed by atoms with Crippen molar-refractivity contribution >= 4 is 11.8 Å². The molecular formula is C9H16O4S. The van der Waals surface area contributed by atoms with Crippen molar-refractivity contribution in [2.45, 2.75) is 44.1 Å². The molecule has 4 nitrogen and oxygen atoms in total. The standard InChI is InChI=1S/C9H16O4S/c1-9(2)12-7-5(10)3-14-4-6(11)8(7)13-9/h5-8,10-11H,3-4H2,1-2H3/t5-,6-,7-,8-/m1/s1. The highest BCUT2D eigenvalue weighted by molar-refractivity contribution is 7.99. The Morgan fingerprint density at radius 2 is 1.50 bits per heavy atom. The number of fused-ring (bicyclic) bond motifs is 1. The average Bonchev–Trinajstić information content (AvgIpc) is 2.35. The molecule has 82 valence electrons. The minimum atomic E-state index is -0.695. The maximum Gasteiger partial charge on any atom is 0.164 e. The average molecular weight is 220 g/mol. The van der Waals surface area contributed by atoms with E-state index in [1.165, 1.54) is 11.8 Å². The van der Waals surface area contributed by atoms with Crippen LogP contribution in [0.5, 0.6) is 0 Å². The third-order valence-corrected chi connectivity index (χ3v) is 3.65. The second-order valence-electron chi connectivity index (χ2n) is 4.24. The van der Waals surface area contributed by atoms with Gasteiger partial charge in [0.1, 0.15) is 12.2 Å². The van der Waals surface area contributed by atoms with E-state index >= 15 is 0 Å². The van der Waals surface area contributed by atoms with Crippen LogP contribution < -0.4 is 0 Å². The van der Waals surface area contributed by atoms with Gasteiger partial charge >= 0.3 is 0 Å². The molecule has 0 aromatic rings. The minimum absolute atomic E-state index is 0.394. The van der Waals surface area contributed by atoms with Crippen LogP contribution in [0.1, 0.15) is 13.8 Å². The van der Waals surface area contributed by atoms with E-state index in [0.29, 0.717) is 11.5 Å². The molecule has 4 atom stereocenters. The summed E-state index contributed by atoms with van der Waals surface area (Å²) in [5, 5.41) is 19.5. The third-order valence-electron chi connectivity index (χ3n) is 2.50. The summed E-state index contributed by atoms with van der Waals surface area (Å²) in [4.78, 5) is 0. The molecule has 5 heteroatoms. The molecule has 2 rings (SSSR count). The summed E-state index contributed by atoms with van der Waals surface area (Å²) in [5.41, 5.74) is 0. The number of aliphatic hydroxyl groups excluding tert-OH is 2. The fraction of sp³-hybridized carbons (Fsp3) is 1.00. The molecule has 2 aliphatic rings. The highest BCUT2D eigenvalue weighted by Crippen LogP contribution is 2.35.